The molecule has 0 aliphatic carbocycles. The largest absolute Gasteiger partial charge is 0.495 e. The van der Waals surface area contributed by atoms with Crippen LogP contribution in [0, 0.1) is 0 Å². The number of amides is 2. The van der Waals surface area contributed by atoms with Crippen LogP contribution in [-0.2, 0) is 26.0 Å². The van der Waals surface area contributed by atoms with Crippen LogP contribution in [0.2, 0.25) is 0 Å². The van der Waals surface area contributed by atoms with E-state index >= 15 is 0 Å². The maximum Gasteiger partial charge on any atom is 0.242 e. The van der Waals surface area contributed by atoms with Crippen LogP contribution in [-0.4, -0.2) is 64.7 Å². The molecule has 0 heterocycles. The molecule has 1 N–H and O–H groups in total. The number of hydrogen-bond donors (Lipinski definition) is 1. The standard InChI is InChI=1S/C24H33N3O5S/c1-19(24(29)25-2)26(18-16-20-11-6-5-7-12-20)23(28)15-10-17-27(33(4,30)31)21-13-8-9-14-22(21)32-3/h5-9,11-14,19H,10,15-18H2,1-4H3,(H,25,29)/t19-/m1/s1. The van der Waals surface area contributed by atoms with Gasteiger partial charge in [0.05, 0.1) is 19.1 Å². The molecule has 0 unspecified atom stereocenters. The lowest BCUT2D eigenvalue weighted by Gasteiger charge is -2.29. The van der Waals surface area contributed by atoms with E-state index in [9.17, 15) is 18.0 Å². The molecule has 0 saturated heterocycles. The van der Waals surface area contributed by atoms with E-state index < -0.39 is 16.1 Å². The number of carbonyl (C=O) groups excluding carboxylic acids is 2. The number of nitrogens with zero attached hydrogens (tertiary/aromatic N) is 2. The second kappa shape index (κ2) is 12.2. The first kappa shape index (κ1) is 26.2. The predicted octanol–water partition coefficient (Wildman–Crippen LogP) is 2.45. The number of sulfonamides is 1. The molecule has 0 fully saturated rings. The lowest BCUT2D eigenvalue weighted by Crippen LogP contribution is -2.48. The second-order valence-electron chi connectivity index (χ2n) is 7.72. The van der Waals surface area contributed by atoms with Gasteiger partial charge in [-0.3, -0.25) is 13.9 Å². The summed E-state index contributed by atoms with van der Waals surface area (Å²) in [6.45, 7) is 2.20. The fourth-order valence-corrected chi connectivity index (χ4v) is 4.57. The van der Waals surface area contributed by atoms with Gasteiger partial charge < -0.3 is 15.0 Å². The number of anilines is 1. The zero-order valence-corrected chi connectivity index (χ0v) is 20.5. The van der Waals surface area contributed by atoms with E-state index in [1.54, 1.807) is 36.1 Å². The normalized spacial score (nSPS) is 12.0. The Hall–Kier alpha value is -3.07. The first-order chi connectivity index (χ1) is 15.7. The molecular formula is C24H33N3O5S. The summed E-state index contributed by atoms with van der Waals surface area (Å²) in [5.74, 6) is -0.00863. The van der Waals surface area contributed by atoms with Crippen LogP contribution in [0.1, 0.15) is 25.3 Å². The summed E-state index contributed by atoms with van der Waals surface area (Å²) >= 11 is 0. The van der Waals surface area contributed by atoms with Crippen molar-refractivity contribution in [3.63, 3.8) is 0 Å². The summed E-state index contributed by atoms with van der Waals surface area (Å²) in [6, 6.07) is 16.0. The highest BCUT2D eigenvalue weighted by Gasteiger charge is 2.26. The van der Waals surface area contributed by atoms with Crippen LogP contribution < -0.4 is 14.4 Å². The number of hydrogen-bond acceptors (Lipinski definition) is 5. The van der Waals surface area contributed by atoms with Gasteiger partial charge in [0.2, 0.25) is 21.8 Å². The van der Waals surface area contributed by atoms with Crippen molar-refractivity contribution in [3.05, 3.63) is 60.2 Å². The molecule has 180 valence electrons. The highest BCUT2D eigenvalue weighted by molar-refractivity contribution is 7.92. The highest BCUT2D eigenvalue weighted by atomic mass is 32.2. The van der Waals surface area contributed by atoms with E-state index in [4.69, 9.17) is 4.74 Å². The van der Waals surface area contributed by atoms with Crippen LogP contribution in [0.3, 0.4) is 0 Å². The monoisotopic (exact) mass is 475 g/mol. The Morgan fingerprint density at radius 1 is 1.03 bits per heavy atom. The van der Waals surface area contributed by atoms with Gasteiger partial charge in [0.25, 0.3) is 0 Å². The number of likely N-dealkylation sites (N-methyl/N-ethyl adjacent to an activating group) is 1. The number of nitrogens with one attached hydrogen (secondary N) is 1. The van der Waals surface area contributed by atoms with Crippen LogP contribution in [0.4, 0.5) is 5.69 Å². The Kier molecular flexibility index (Phi) is 9.72. The van der Waals surface area contributed by atoms with Gasteiger partial charge in [-0.15, -0.1) is 0 Å². The Morgan fingerprint density at radius 2 is 1.67 bits per heavy atom. The minimum Gasteiger partial charge on any atom is -0.495 e. The molecule has 9 heteroatoms. The molecule has 2 aromatic carbocycles. The van der Waals surface area contributed by atoms with Crippen molar-refractivity contribution < 1.29 is 22.7 Å². The molecule has 2 rings (SSSR count). The summed E-state index contributed by atoms with van der Waals surface area (Å²) in [5, 5.41) is 2.59. The van der Waals surface area contributed by atoms with Gasteiger partial charge in [0.15, 0.2) is 0 Å². The van der Waals surface area contributed by atoms with E-state index in [1.165, 1.54) is 18.5 Å². The number of methoxy groups -OCH3 is 1. The molecule has 0 radical (unpaired) electrons. The fraction of sp³-hybridized carbons (Fsp3) is 0.417. The third kappa shape index (κ3) is 7.49. The van der Waals surface area contributed by atoms with Crippen LogP contribution in [0.25, 0.3) is 0 Å². The lowest BCUT2D eigenvalue weighted by atomic mass is 10.1. The first-order valence-corrected chi connectivity index (χ1v) is 12.7. The van der Waals surface area contributed by atoms with Crippen LogP contribution in [0.5, 0.6) is 5.75 Å². The smallest absolute Gasteiger partial charge is 0.242 e. The van der Waals surface area contributed by atoms with Gasteiger partial charge in [0, 0.05) is 26.6 Å². The molecule has 2 amide bonds. The van der Waals surface area contributed by atoms with Crippen LogP contribution in [0.15, 0.2) is 54.6 Å². The zero-order valence-electron chi connectivity index (χ0n) is 19.7. The number of ether oxygens (including phenoxy) is 1. The Bertz CT molecular complexity index is 1030. The molecule has 1 atom stereocenters. The van der Waals surface area contributed by atoms with Crippen molar-refractivity contribution in [1.82, 2.24) is 10.2 Å². The Balaban J connectivity index is 2.11. The summed E-state index contributed by atoms with van der Waals surface area (Å²) in [5.41, 5.74) is 1.49. The minimum absolute atomic E-state index is 0.108. The number of carbonyl (C=O) groups is 2. The molecule has 0 spiro atoms. The van der Waals surface area contributed by atoms with Crippen molar-refractivity contribution >= 4 is 27.5 Å². The molecule has 0 saturated carbocycles. The topological polar surface area (TPSA) is 96.0 Å². The Morgan fingerprint density at radius 3 is 2.27 bits per heavy atom. The molecule has 2 aromatic rings. The Labute approximate surface area is 196 Å². The van der Waals surface area contributed by atoms with Crippen molar-refractivity contribution in [1.29, 1.82) is 0 Å². The minimum atomic E-state index is -3.58. The average Bonchev–Trinajstić information content (AvgIpc) is 2.81. The quantitative estimate of drug-likeness (QED) is 0.509. The number of benzene rings is 2. The molecule has 33 heavy (non-hydrogen) atoms. The molecule has 0 bridgehead atoms. The molecule has 0 aliphatic rings. The third-order valence-corrected chi connectivity index (χ3v) is 6.58. The predicted molar refractivity (Wildman–Crippen MR) is 130 cm³/mol. The summed E-state index contributed by atoms with van der Waals surface area (Å²) in [4.78, 5) is 26.9. The fourth-order valence-electron chi connectivity index (χ4n) is 3.60. The lowest BCUT2D eigenvalue weighted by molar-refractivity contribution is -0.139. The number of rotatable bonds is 12. The van der Waals surface area contributed by atoms with E-state index in [2.05, 4.69) is 5.32 Å². The summed E-state index contributed by atoms with van der Waals surface area (Å²) in [7, 11) is -0.567. The molecule has 0 aliphatic heterocycles. The van der Waals surface area contributed by atoms with Crippen molar-refractivity contribution in [2.24, 2.45) is 0 Å². The number of para-hydroxylation sites is 2. The third-order valence-electron chi connectivity index (χ3n) is 5.40. The van der Waals surface area contributed by atoms with Gasteiger partial charge in [0.1, 0.15) is 11.8 Å². The first-order valence-electron chi connectivity index (χ1n) is 10.8. The van der Waals surface area contributed by atoms with E-state index in [0.29, 0.717) is 30.8 Å². The van der Waals surface area contributed by atoms with Gasteiger partial charge in [-0.25, -0.2) is 8.42 Å². The molecule has 8 nitrogen and oxygen atoms in total. The van der Waals surface area contributed by atoms with Crippen molar-refractivity contribution in [2.75, 3.05) is 37.8 Å². The summed E-state index contributed by atoms with van der Waals surface area (Å²) < 4.78 is 31.4. The summed E-state index contributed by atoms with van der Waals surface area (Å²) in [6.07, 6.45) is 2.15. The van der Waals surface area contributed by atoms with E-state index in [-0.39, 0.29) is 24.8 Å². The highest BCUT2D eigenvalue weighted by Crippen LogP contribution is 2.29. The van der Waals surface area contributed by atoms with Crippen molar-refractivity contribution in [3.8, 4) is 5.75 Å². The maximum atomic E-state index is 13.1. The van der Waals surface area contributed by atoms with Gasteiger partial charge in [-0.05, 0) is 37.5 Å². The van der Waals surface area contributed by atoms with Gasteiger partial charge in [-0.1, -0.05) is 42.5 Å². The van der Waals surface area contributed by atoms with Crippen molar-refractivity contribution in [2.45, 2.75) is 32.2 Å². The van der Waals surface area contributed by atoms with Crippen LogP contribution >= 0.6 is 0 Å². The SMILES string of the molecule is CNC(=O)[C@@H](C)N(CCc1ccccc1)C(=O)CCCN(c1ccccc1OC)S(C)(=O)=O. The van der Waals surface area contributed by atoms with E-state index in [1.807, 2.05) is 30.3 Å². The van der Waals surface area contributed by atoms with Gasteiger partial charge in [-0.2, -0.15) is 0 Å². The molecule has 0 aromatic heterocycles. The van der Waals surface area contributed by atoms with E-state index in [0.717, 1.165) is 11.8 Å². The zero-order chi connectivity index (χ0) is 24.4. The second-order valence-corrected chi connectivity index (χ2v) is 9.63. The average molecular weight is 476 g/mol. The molecular weight excluding hydrogens is 442 g/mol. The maximum absolute atomic E-state index is 13.1. The van der Waals surface area contributed by atoms with Gasteiger partial charge >= 0.3 is 0 Å².